The summed E-state index contributed by atoms with van der Waals surface area (Å²) >= 11 is 11.5. The molecule has 0 aromatic heterocycles. The molecule has 0 amide bonds. The van der Waals surface area contributed by atoms with Crippen LogP contribution in [0, 0.1) is 11.6 Å². The molecule has 0 bridgehead atoms. The summed E-state index contributed by atoms with van der Waals surface area (Å²) in [6.45, 7) is 0. The summed E-state index contributed by atoms with van der Waals surface area (Å²) in [6, 6.07) is 4.96. The molecule has 0 spiro atoms. The van der Waals surface area contributed by atoms with Crippen molar-refractivity contribution in [1.29, 1.82) is 0 Å². The van der Waals surface area contributed by atoms with Gasteiger partial charge >= 0.3 is 0 Å². The molecule has 0 fully saturated rings. The fourth-order valence-electron chi connectivity index (χ4n) is 1.52. The number of rotatable bonds is 2. The molecule has 2 aromatic carbocycles. The standard InChI is InChI=1S/C12H9Cl2F2N3/c13-6-3-5(15)1-2-9(6)19-12-8(18)4-7(17)10(14)11(12)16/h1-4,19H,17-18H2. The van der Waals surface area contributed by atoms with E-state index >= 15 is 0 Å². The number of hydrogen-bond acceptors (Lipinski definition) is 3. The lowest BCUT2D eigenvalue weighted by atomic mass is 10.2. The van der Waals surface area contributed by atoms with Crippen LogP contribution in [0.1, 0.15) is 0 Å². The van der Waals surface area contributed by atoms with Crippen molar-refractivity contribution < 1.29 is 8.78 Å². The third kappa shape index (κ3) is 2.67. The molecule has 7 heteroatoms. The summed E-state index contributed by atoms with van der Waals surface area (Å²) in [6.07, 6.45) is 0. The SMILES string of the molecule is Nc1cc(N)c(Nc2ccc(F)cc2Cl)c(F)c1Cl. The van der Waals surface area contributed by atoms with Crippen LogP contribution in [0.2, 0.25) is 10.0 Å². The molecule has 0 saturated heterocycles. The molecule has 0 unspecified atom stereocenters. The van der Waals surface area contributed by atoms with Crippen LogP contribution < -0.4 is 16.8 Å². The summed E-state index contributed by atoms with van der Waals surface area (Å²) < 4.78 is 26.9. The Morgan fingerprint density at radius 2 is 1.68 bits per heavy atom. The van der Waals surface area contributed by atoms with Crippen molar-refractivity contribution in [2.45, 2.75) is 0 Å². The number of nitrogen functional groups attached to an aromatic ring is 2. The number of nitrogens with two attached hydrogens (primary N) is 2. The number of halogens is 4. The van der Waals surface area contributed by atoms with Crippen molar-refractivity contribution in [2.75, 3.05) is 16.8 Å². The molecule has 2 aromatic rings. The van der Waals surface area contributed by atoms with Gasteiger partial charge in [-0.25, -0.2) is 8.78 Å². The van der Waals surface area contributed by atoms with Gasteiger partial charge in [0.2, 0.25) is 0 Å². The van der Waals surface area contributed by atoms with Crippen molar-refractivity contribution in [1.82, 2.24) is 0 Å². The van der Waals surface area contributed by atoms with Gasteiger partial charge in [-0.1, -0.05) is 23.2 Å². The third-order valence-corrected chi connectivity index (χ3v) is 3.15. The van der Waals surface area contributed by atoms with E-state index in [4.69, 9.17) is 34.7 Å². The third-order valence-electron chi connectivity index (χ3n) is 2.46. The maximum absolute atomic E-state index is 13.9. The summed E-state index contributed by atoms with van der Waals surface area (Å²) in [4.78, 5) is 0. The Labute approximate surface area is 118 Å². The summed E-state index contributed by atoms with van der Waals surface area (Å²) in [5.74, 6) is -1.29. The molecule has 0 atom stereocenters. The Balaban J connectivity index is 2.47. The normalized spacial score (nSPS) is 10.5. The minimum atomic E-state index is -0.792. The predicted octanol–water partition coefficient (Wildman–Crippen LogP) is 4.18. The molecule has 100 valence electrons. The molecule has 0 aliphatic carbocycles. The smallest absolute Gasteiger partial charge is 0.169 e. The van der Waals surface area contributed by atoms with Crippen molar-refractivity contribution in [3.8, 4) is 0 Å². The van der Waals surface area contributed by atoms with Gasteiger partial charge in [0.05, 0.1) is 27.8 Å². The van der Waals surface area contributed by atoms with Crippen molar-refractivity contribution >= 4 is 46.0 Å². The zero-order valence-electron chi connectivity index (χ0n) is 9.48. The maximum atomic E-state index is 13.9. The van der Waals surface area contributed by atoms with E-state index in [2.05, 4.69) is 5.32 Å². The first-order valence-corrected chi connectivity index (χ1v) is 5.90. The topological polar surface area (TPSA) is 64.1 Å². The Hall–Kier alpha value is -1.72. The van der Waals surface area contributed by atoms with Crippen molar-refractivity contribution in [3.05, 3.63) is 45.9 Å². The lowest BCUT2D eigenvalue weighted by Crippen LogP contribution is -2.03. The zero-order valence-corrected chi connectivity index (χ0v) is 11.0. The quantitative estimate of drug-likeness (QED) is 0.729. The molecule has 0 heterocycles. The Morgan fingerprint density at radius 1 is 1.00 bits per heavy atom. The second-order valence-electron chi connectivity index (χ2n) is 3.81. The molecule has 19 heavy (non-hydrogen) atoms. The molecule has 0 aliphatic rings. The van der Waals surface area contributed by atoms with E-state index in [0.717, 1.165) is 6.07 Å². The monoisotopic (exact) mass is 303 g/mol. The highest BCUT2D eigenvalue weighted by Gasteiger charge is 2.15. The molecule has 5 N–H and O–H groups in total. The van der Waals surface area contributed by atoms with Gasteiger partial charge in [-0.05, 0) is 24.3 Å². The van der Waals surface area contributed by atoms with E-state index in [9.17, 15) is 8.78 Å². The molecule has 3 nitrogen and oxygen atoms in total. The molecule has 0 radical (unpaired) electrons. The highest BCUT2D eigenvalue weighted by atomic mass is 35.5. The van der Waals surface area contributed by atoms with Crippen LogP contribution in [0.3, 0.4) is 0 Å². The van der Waals surface area contributed by atoms with Crippen LogP contribution in [0.15, 0.2) is 24.3 Å². The van der Waals surface area contributed by atoms with Gasteiger partial charge in [-0.15, -0.1) is 0 Å². The van der Waals surface area contributed by atoms with Gasteiger partial charge in [0, 0.05) is 0 Å². The fraction of sp³-hybridized carbons (Fsp3) is 0. The first-order valence-electron chi connectivity index (χ1n) is 5.15. The van der Waals surface area contributed by atoms with Gasteiger partial charge < -0.3 is 16.8 Å². The van der Waals surface area contributed by atoms with Crippen molar-refractivity contribution in [3.63, 3.8) is 0 Å². The van der Waals surface area contributed by atoms with Gasteiger partial charge in [0.15, 0.2) is 5.82 Å². The van der Waals surface area contributed by atoms with Gasteiger partial charge in [0.25, 0.3) is 0 Å². The Kier molecular flexibility index (Phi) is 3.68. The molecule has 0 saturated carbocycles. The maximum Gasteiger partial charge on any atom is 0.169 e. The van der Waals surface area contributed by atoms with Crippen LogP contribution in [0.4, 0.5) is 31.5 Å². The molecular weight excluding hydrogens is 295 g/mol. The highest BCUT2D eigenvalue weighted by molar-refractivity contribution is 6.34. The van der Waals surface area contributed by atoms with Gasteiger partial charge in [-0.2, -0.15) is 0 Å². The van der Waals surface area contributed by atoms with E-state index in [1.54, 1.807) is 0 Å². The number of anilines is 4. The number of nitrogens with one attached hydrogen (secondary N) is 1. The van der Waals surface area contributed by atoms with Crippen LogP contribution >= 0.6 is 23.2 Å². The summed E-state index contributed by atoms with van der Waals surface area (Å²) in [5.41, 5.74) is 11.5. The van der Waals surface area contributed by atoms with Crippen LogP contribution in [-0.4, -0.2) is 0 Å². The zero-order chi connectivity index (χ0) is 14.2. The second-order valence-corrected chi connectivity index (χ2v) is 4.59. The number of benzene rings is 2. The molecular formula is C12H9Cl2F2N3. The minimum Gasteiger partial charge on any atom is -0.397 e. The minimum absolute atomic E-state index is 0.0346. The van der Waals surface area contributed by atoms with E-state index in [0.29, 0.717) is 5.69 Å². The van der Waals surface area contributed by atoms with E-state index < -0.39 is 11.6 Å². The lowest BCUT2D eigenvalue weighted by molar-refractivity contribution is 0.628. The average molecular weight is 304 g/mol. The Morgan fingerprint density at radius 3 is 2.32 bits per heavy atom. The first kappa shape index (κ1) is 13.7. The molecule has 0 aliphatic heterocycles. The Bertz CT molecular complexity index is 647. The van der Waals surface area contributed by atoms with E-state index in [-0.39, 0.29) is 27.1 Å². The number of hydrogen-bond donors (Lipinski definition) is 3. The fourth-order valence-corrected chi connectivity index (χ4v) is 1.88. The average Bonchev–Trinajstić information content (AvgIpc) is 2.34. The second kappa shape index (κ2) is 5.11. The van der Waals surface area contributed by atoms with Gasteiger partial charge in [0.1, 0.15) is 10.8 Å². The summed E-state index contributed by atoms with van der Waals surface area (Å²) in [7, 11) is 0. The van der Waals surface area contributed by atoms with E-state index in [1.807, 2.05) is 0 Å². The first-order chi connectivity index (χ1) is 8.90. The predicted molar refractivity (Wildman–Crippen MR) is 74.9 cm³/mol. The van der Waals surface area contributed by atoms with E-state index in [1.165, 1.54) is 18.2 Å². The highest BCUT2D eigenvalue weighted by Crippen LogP contribution is 2.36. The molecule has 2 rings (SSSR count). The van der Waals surface area contributed by atoms with Crippen LogP contribution in [0.5, 0.6) is 0 Å². The lowest BCUT2D eigenvalue weighted by Gasteiger charge is -2.14. The van der Waals surface area contributed by atoms with Crippen LogP contribution in [0.25, 0.3) is 0 Å². The van der Waals surface area contributed by atoms with Crippen LogP contribution in [-0.2, 0) is 0 Å². The largest absolute Gasteiger partial charge is 0.397 e. The summed E-state index contributed by atoms with van der Waals surface area (Å²) in [5, 5.41) is 2.51. The van der Waals surface area contributed by atoms with Gasteiger partial charge in [-0.3, -0.25) is 0 Å². The van der Waals surface area contributed by atoms with Crippen molar-refractivity contribution in [2.24, 2.45) is 0 Å².